The number of ether oxygens (including phenoxy) is 1. The Labute approximate surface area is 89.7 Å². The zero-order chi connectivity index (χ0) is 9.26. The molecule has 0 N–H and O–H groups in total. The molecule has 66 valence electrons. The molecule has 1 aliphatic heterocycles. The molecule has 1 aromatic carbocycles. The molecule has 0 aliphatic carbocycles. The van der Waals surface area contributed by atoms with Crippen LogP contribution in [0.25, 0.3) is 5.57 Å². The van der Waals surface area contributed by atoms with Crippen LogP contribution in [0.15, 0.2) is 33.9 Å². The van der Waals surface area contributed by atoms with Gasteiger partial charge < -0.3 is 4.74 Å². The molecule has 0 bridgehead atoms. The number of rotatable bonds is 1. The fourth-order valence-electron chi connectivity index (χ4n) is 1.24. The Bertz CT molecular complexity index is 368. The second kappa shape index (κ2) is 3.49. The highest BCUT2D eigenvalue weighted by atomic mass is 127. The first kappa shape index (κ1) is 8.74. The van der Waals surface area contributed by atoms with Gasteiger partial charge >= 0.3 is 5.97 Å². The third-order valence-electron chi connectivity index (χ3n) is 1.91. The van der Waals surface area contributed by atoms with E-state index in [-0.39, 0.29) is 5.97 Å². The summed E-state index contributed by atoms with van der Waals surface area (Å²) in [6.45, 7) is 0.404. The fraction of sp³-hybridized carbons (Fsp3) is 0.100. The lowest BCUT2D eigenvalue weighted by molar-refractivity contribution is -0.134. The van der Waals surface area contributed by atoms with Crippen LogP contribution in [0.5, 0.6) is 0 Å². The highest BCUT2D eigenvalue weighted by Gasteiger charge is 2.22. The first-order chi connectivity index (χ1) is 6.29. The molecule has 0 aromatic heterocycles. The third-order valence-corrected chi connectivity index (χ3v) is 3.01. The summed E-state index contributed by atoms with van der Waals surface area (Å²) in [6.07, 6.45) is 0. The van der Waals surface area contributed by atoms with E-state index < -0.39 is 0 Å². The van der Waals surface area contributed by atoms with Crippen molar-refractivity contribution in [3.8, 4) is 0 Å². The molecule has 0 spiro atoms. The molecular weight excluding hydrogens is 279 g/mol. The predicted octanol–water partition coefficient (Wildman–Crippen LogP) is 2.39. The second-order valence-corrected chi connectivity index (χ2v) is 3.81. The maximum atomic E-state index is 11.1. The van der Waals surface area contributed by atoms with E-state index in [1.807, 2.05) is 52.9 Å². The summed E-state index contributed by atoms with van der Waals surface area (Å²) in [6, 6.07) is 9.82. The van der Waals surface area contributed by atoms with E-state index in [1.54, 1.807) is 0 Å². The van der Waals surface area contributed by atoms with Crippen molar-refractivity contribution in [3.63, 3.8) is 0 Å². The Balaban J connectivity index is 2.43. The maximum absolute atomic E-state index is 11.1. The Morgan fingerprint density at radius 3 is 2.46 bits per heavy atom. The van der Waals surface area contributed by atoms with Crippen LogP contribution in [-0.2, 0) is 9.53 Å². The van der Waals surface area contributed by atoms with Crippen LogP contribution < -0.4 is 0 Å². The number of hydrogen-bond donors (Lipinski definition) is 0. The van der Waals surface area contributed by atoms with Gasteiger partial charge in [-0.15, -0.1) is 0 Å². The minimum absolute atomic E-state index is 0.209. The highest BCUT2D eigenvalue weighted by Crippen LogP contribution is 2.29. The Morgan fingerprint density at radius 1 is 1.23 bits per heavy atom. The number of hydrogen-bond acceptors (Lipinski definition) is 2. The van der Waals surface area contributed by atoms with Crippen molar-refractivity contribution in [3.05, 3.63) is 39.5 Å². The SMILES string of the molecule is O=C1OCC(c2ccccc2)=C1I. The number of carbonyl (C=O) groups is 1. The average Bonchev–Trinajstić information content (AvgIpc) is 2.49. The van der Waals surface area contributed by atoms with E-state index in [0.717, 1.165) is 11.1 Å². The monoisotopic (exact) mass is 286 g/mol. The van der Waals surface area contributed by atoms with Crippen LogP contribution in [-0.4, -0.2) is 12.6 Å². The van der Waals surface area contributed by atoms with Crippen LogP contribution in [0.1, 0.15) is 5.56 Å². The van der Waals surface area contributed by atoms with Crippen molar-refractivity contribution in [2.75, 3.05) is 6.61 Å². The molecule has 2 rings (SSSR count). The highest BCUT2D eigenvalue weighted by molar-refractivity contribution is 14.1. The zero-order valence-corrected chi connectivity index (χ0v) is 8.95. The minimum atomic E-state index is -0.209. The van der Waals surface area contributed by atoms with E-state index in [9.17, 15) is 4.79 Å². The minimum Gasteiger partial charge on any atom is -0.457 e. The van der Waals surface area contributed by atoms with Crippen LogP contribution in [0.4, 0.5) is 0 Å². The molecule has 1 heterocycles. The van der Waals surface area contributed by atoms with Crippen molar-refractivity contribution in [1.82, 2.24) is 0 Å². The van der Waals surface area contributed by atoms with Gasteiger partial charge in [0.25, 0.3) is 0 Å². The van der Waals surface area contributed by atoms with Gasteiger partial charge in [-0.1, -0.05) is 30.3 Å². The second-order valence-electron chi connectivity index (χ2n) is 2.73. The summed E-state index contributed by atoms with van der Waals surface area (Å²) in [4.78, 5) is 11.1. The van der Waals surface area contributed by atoms with Crippen LogP contribution in [0.2, 0.25) is 0 Å². The van der Waals surface area contributed by atoms with Crippen LogP contribution in [0.3, 0.4) is 0 Å². The molecule has 13 heavy (non-hydrogen) atoms. The van der Waals surface area contributed by atoms with Crippen LogP contribution >= 0.6 is 22.6 Å². The molecule has 0 saturated carbocycles. The molecule has 1 aromatic rings. The van der Waals surface area contributed by atoms with Gasteiger partial charge in [-0.05, 0) is 28.2 Å². The van der Waals surface area contributed by atoms with Gasteiger partial charge in [0.15, 0.2) is 0 Å². The van der Waals surface area contributed by atoms with Crippen molar-refractivity contribution in [2.45, 2.75) is 0 Å². The van der Waals surface area contributed by atoms with Gasteiger partial charge in [0.2, 0.25) is 0 Å². The lowest BCUT2D eigenvalue weighted by Gasteiger charge is -1.98. The van der Waals surface area contributed by atoms with Crippen LogP contribution in [0, 0.1) is 0 Å². The number of halogens is 1. The lowest BCUT2D eigenvalue weighted by atomic mass is 10.1. The Hall–Kier alpha value is -0.840. The van der Waals surface area contributed by atoms with Crippen molar-refractivity contribution in [2.24, 2.45) is 0 Å². The number of cyclic esters (lactones) is 1. The molecule has 0 radical (unpaired) electrons. The molecule has 2 nitrogen and oxygen atoms in total. The molecule has 1 aliphatic rings. The summed E-state index contributed by atoms with van der Waals surface area (Å²) < 4.78 is 5.61. The first-order valence-corrected chi connectivity index (χ1v) is 4.98. The largest absolute Gasteiger partial charge is 0.457 e. The van der Waals surface area contributed by atoms with Gasteiger partial charge in [-0.3, -0.25) is 0 Å². The topological polar surface area (TPSA) is 26.3 Å². The molecular formula is C10H7IO2. The number of esters is 1. The molecule has 0 atom stereocenters. The Kier molecular flexibility index (Phi) is 2.35. The Morgan fingerprint density at radius 2 is 1.92 bits per heavy atom. The average molecular weight is 286 g/mol. The van der Waals surface area contributed by atoms with E-state index in [2.05, 4.69) is 0 Å². The summed E-state index contributed by atoms with van der Waals surface area (Å²) in [7, 11) is 0. The van der Waals surface area contributed by atoms with Gasteiger partial charge in [-0.25, -0.2) is 4.79 Å². The normalized spacial score (nSPS) is 16.2. The van der Waals surface area contributed by atoms with Crippen molar-refractivity contribution in [1.29, 1.82) is 0 Å². The van der Waals surface area contributed by atoms with Gasteiger partial charge in [0.05, 0.1) is 0 Å². The molecule has 3 heteroatoms. The van der Waals surface area contributed by atoms with E-state index in [0.29, 0.717) is 10.2 Å². The predicted molar refractivity (Wildman–Crippen MR) is 58.3 cm³/mol. The molecule has 0 saturated heterocycles. The smallest absolute Gasteiger partial charge is 0.345 e. The third kappa shape index (κ3) is 1.60. The summed E-state index contributed by atoms with van der Waals surface area (Å²) in [5.74, 6) is -0.209. The fourth-order valence-corrected chi connectivity index (χ4v) is 1.86. The zero-order valence-electron chi connectivity index (χ0n) is 6.79. The maximum Gasteiger partial charge on any atom is 0.345 e. The van der Waals surface area contributed by atoms with E-state index in [4.69, 9.17) is 4.74 Å². The number of benzene rings is 1. The van der Waals surface area contributed by atoms with Crippen molar-refractivity contribution >= 4 is 34.1 Å². The first-order valence-electron chi connectivity index (χ1n) is 3.90. The van der Waals surface area contributed by atoms with E-state index in [1.165, 1.54) is 0 Å². The lowest BCUT2D eigenvalue weighted by Crippen LogP contribution is -1.93. The van der Waals surface area contributed by atoms with Gasteiger partial charge in [0.1, 0.15) is 10.2 Å². The van der Waals surface area contributed by atoms with E-state index >= 15 is 0 Å². The summed E-state index contributed by atoms with van der Waals surface area (Å²) >= 11 is 2.03. The standard InChI is InChI=1S/C10H7IO2/c11-9-8(6-13-10(9)12)7-4-2-1-3-5-7/h1-5H,6H2. The molecule has 0 unspecified atom stereocenters. The molecule has 0 fully saturated rings. The number of carbonyl (C=O) groups excluding carboxylic acids is 1. The summed E-state index contributed by atoms with van der Waals surface area (Å²) in [5.41, 5.74) is 2.06. The molecule has 0 amide bonds. The quantitative estimate of drug-likeness (QED) is 0.585. The van der Waals surface area contributed by atoms with Gasteiger partial charge in [-0.2, -0.15) is 0 Å². The van der Waals surface area contributed by atoms with Gasteiger partial charge in [0, 0.05) is 5.57 Å². The van der Waals surface area contributed by atoms with Crippen molar-refractivity contribution < 1.29 is 9.53 Å². The summed E-state index contributed by atoms with van der Waals surface area (Å²) in [5, 5.41) is 0.